The van der Waals surface area contributed by atoms with E-state index in [1.54, 1.807) is 0 Å². The fourth-order valence-electron chi connectivity index (χ4n) is 0.470. The molecule has 1 aromatic rings. The molecular weight excluding hydrogens is 179 g/mol. The van der Waals surface area contributed by atoms with Gasteiger partial charge in [0, 0.05) is 6.92 Å². The first-order chi connectivity index (χ1) is 5.13. The van der Waals surface area contributed by atoms with Gasteiger partial charge in [0.25, 0.3) is 5.97 Å². The smallest absolute Gasteiger partial charge is 0.481 e. The monoisotopic (exact) mass is 190 g/mol. The van der Waals surface area contributed by atoms with Gasteiger partial charge in [0.2, 0.25) is 0 Å². The SMILES string of the molecule is CC(=O)O.Cc1cc[c-]cc1.[K+]. The second-order valence-electron chi connectivity index (χ2n) is 2.10. The maximum atomic E-state index is 9.00. The van der Waals surface area contributed by atoms with Crippen LogP contribution < -0.4 is 51.4 Å². The average molecular weight is 190 g/mol. The maximum absolute atomic E-state index is 9.00. The maximum Gasteiger partial charge on any atom is 1.00 e. The van der Waals surface area contributed by atoms with Crippen LogP contribution in [0, 0.1) is 13.0 Å². The number of carbonyl (C=O) groups is 1. The Balaban J connectivity index is 0. The largest absolute Gasteiger partial charge is 1.00 e. The third-order valence-corrected chi connectivity index (χ3v) is 0.885. The van der Waals surface area contributed by atoms with Gasteiger partial charge in [-0.3, -0.25) is 4.79 Å². The third-order valence-electron chi connectivity index (χ3n) is 0.885. The van der Waals surface area contributed by atoms with E-state index in [4.69, 9.17) is 9.90 Å². The van der Waals surface area contributed by atoms with Crippen LogP contribution in [0.1, 0.15) is 12.5 Å². The molecule has 0 spiro atoms. The predicted octanol–water partition coefficient (Wildman–Crippen LogP) is -1.11. The van der Waals surface area contributed by atoms with Crippen molar-refractivity contribution in [1.29, 1.82) is 0 Å². The van der Waals surface area contributed by atoms with E-state index in [9.17, 15) is 0 Å². The molecule has 0 aliphatic rings. The fraction of sp³-hybridized carbons (Fsp3) is 0.222. The number of hydrogen-bond donors (Lipinski definition) is 1. The molecule has 0 saturated heterocycles. The normalized spacial score (nSPS) is 7.17. The van der Waals surface area contributed by atoms with E-state index in [-0.39, 0.29) is 51.4 Å². The van der Waals surface area contributed by atoms with E-state index in [1.165, 1.54) is 5.56 Å². The van der Waals surface area contributed by atoms with Crippen LogP contribution in [0.5, 0.6) is 0 Å². The van der Waals surface area contributed by atoms with Crippen molar-refractivity contribution in [2.24, 2.45) is 0 Å². The molecule has 0 atom stereocenters. The van der Waals surface area contributed by atoms with Crippen LogP contribution in [0.2, 0.25) is 0 Å². The van der Waals surface area contributed by atoms with Gasteiger partial charge in [-0.15, -0.1) is 0 Å². The topological polar surface area (TPSA) is 37.3 Å². The van der Waals surface area contributed by atoms with E-state index in [2.05, 4.69) is 13.0 Å². The molecule has 0 aliphatic heterocycles. The summed E-state index contributed by atoms with van der Waals surface area (Å²) in [5.74, 6) is -0.833. The van der Waals surface area contributed by atoms with Gasteiger partial charge in [0.05, 0.1) is 0 Å². The minimum Gasteiger partial charge on any atom is -0.481 e. The number of aryl methyl sites for hydroxylation is 1. The van der Waals surface area contributed by atoms with Gasteiger partial charge in [0.1, 0.15) is 0 Å². The molecule has 0 bridgehead atoms. The zero-order valence-electron chi connectivity index (χ0n) is 7.66. The van der Waals surface area contributed by atoms with Crippen molar-refractivity contribution in [2.45, 2.75) is 13.8 Å². The molecule has 0 aliphatic carbocycles. The summed E-state index contributed by atoms with van der Waals surface area (Å²) in [5, 5.41) is 7.42. The summed E-state index contributed by atoms with van der Waals surface area (Å²) in [6, 6.07) is 10.8. The van der Waals surface area contributed by atoms with Crippen molar-refractivity contribution < 1.29 is 61.3 Å². The molecule has 12 heavy (non-hydrogen) atoms. The zero-order valence-corrected chi connectivity index (χ0v) is 10.8. The molecule has 0 unspecified atom stereocenters. The molecular formula is C9H11KO2. The van der Waals surface area contributed by atoms with Gasteiger partial charge in [-0.1, -0.05) is 6.92 Å². The molecule has 1 rings (SSSR count). The molecule has 1 aromatic carbocycles. The number of hydrogen-bond acceptors (Lipinski definition) is 1. The molecule has 1 N–H and O–H groups in total. The van der Waals surface area contributed by atoms with Crippen LogP contribution in [0.25, 0.3) is 0 Å². The predicted molar refractivity (Wildman–Crippen MR) is 43.3 cm³/mol. The summed E-state index contributed by atoms with van der Waals surface area (Å²) in [6.07, 6.45) is 0. The van der Waals surface area contributed by atoms with Crippen molar-refractivity contribution in [2.75, 3.05) is 0 Å². The van der Waals surface area contributed by atoms with Gasteiger partial charge in [-0.25, -0.2) is 0 Å². The van der Waals surface area contributed by atoms with Crippen LogP contribution in [0.3, 0.4) is 0 Å². The second kappa shape index (κ2) is 9.41. The number of aliphatic carboxylic acids is 1. The van der Waals surface area contributed by atoms with Gasteiger partial charge in [-0.05, 0) is 0 Å². The quantitative estimate of drug-likeness (QED) is 0.416. The standard InChI is InChI=1S/C7H7.C2H4O2.K/c1-7-5-3-2-4-6-7;1-2(3)4;/h3-6H,1H3;1H3,(H,3,4);/q-1;;+1. The van der Waals surface area contributed by atoms with Crippen LogP contribution >= 0.6 is 0 Å². The Bertz CT molecular complexity index is 205. The van der Waals surface area contributed by atoms with Crippen LogP contribution in [0.4, 0.5) is 0 Å². The summed E-state index contributed by atoms with van der Waals surface area (Å²) >= 11 is 0. The van der Waals surface area contributed by atoms with Crippen molar-refractivity contribution in [3.8, 4) is 0 Å². The van der Waals surface area contributed by atoms with Crippen LogP contribution in [-0.4, -0.2) is 11.1 Å². The van der Waals surface area contributed by atoms with Crippen molar-refractivity contribution >= 4 is 5.97 Å². The van der Waals surface area contributed by atoms with Gasteiger partial charge >= 0.3 is 51.4 Å². The van der Waals surface area contributed by atoms with Crippen LogP contribution in [0.15, 0.2) is 24.3 Å². The van der Waals surface area contributed by atoms with Crippen LogP contribution in [-0.2, 0) is 4.79 Å². The van der Waals surface area contributed by atoms with E-state index in [1.807, 2.05) is 24.3 Å². The van der Waals surface area contributed by atoms with Gasteiger partial charge in [0.15, 0.2) is 0 Å². The first kappa shape index (κ1) is 14.8. The molecule has 0 heterocycles. The Hall–Kier alpha value is 0.326. The molecule has 0 saturated carbocycles. The molecule has 2 nitrogen and oxygen atoms in total. The summed E-state index contributed by atoms with van der Waals surface area (Å²) in [6.45, 7) is 3.15. The van der Waals surface area contributed by atoms with Gasteiger partial charge < -0.3 is 5.11 Å². The summed E-state index contributed by atoms with van der Waals surface area (Å²) in [4.78, 5) is 9.00. The Labute approximate surface area is 115 Å². The Morgan fingerprint density at radius 1 is 1.42 bits per heavy atom. The number of carboxylic acid groups (broad SMARTS) is 1. The van der Waals surface area contributed by atoms with E-state index >= 15 is 0 Å². The summed E-state index contributed by atoms with van der Waals surface area (Å²) in [7, 11) is 0. The molecule has 0 amide bonds. The number of benzene rings is 1. The van der Waals surface area contributed by atoms with Crippen molar-refractivity contribution in [1.82, 2.24) is 0 Å². The van der Waals surface area contributed by atoms with Crippen molar-refractivity contribution in [3.05, 3.63) is 35.9 Å². The average Bonchev–Trinajstić information content (AvgIpc) is 1.87. The molecule has 0 fully saturated rings. The Morgan fingerprint density at radius 2 is 1.75 bits per heavy atom. The van der Waals surface area contributed by atoms with Gasteiger partial charge in [-0.2, -0.15) is 35.9 Å². The molecule has 3 heteroatoms. The number of carboxylic acids is 1. The summed E-state index contributed by atoms with van der Waals surface area (Å²) < 4.78 is 0. The minimum atomic E-state index is -0.833. The third kappa shape index (κ3) is 13.0. The molecule has 60 valence electrons. The van der Waals surface area contributed by atoms with E-state index < -0.39 is 5.97 Å². The molecule has 0 radical (unpaired) electrons. The first-order valence-electron chi connectivity index (χ1n) is 3.25. The Kier molecular flexibility index (Phi) is 11.6. The minimum absolute atomic E-state index is 0. The van der Waals surface area contributed by atoms with E-state index in [0.29, 0.717) is 0 Å². The Morgan fingerprint density at radius 3 is 1.92 bits per heavy atom. The summed E-state index contributed by atoms with van der Waals surface area (Å²) in [5.41, 5.74) is 1.29. The fourth-order valence-corrected chi connectivity index (χ4v) is 0.470. The zero-order chi connectivity index (χ0) is 8.69. The second-order valence-corrected chi connectivity index (χ2v) is 2.10. The number of rotatable bonds is 0. The van der Waals surface area contributed by atoms with Crippen molar-refractivity contribution in [3.63, 3.8) is 0 Å². The van der Waals surface area contributed by atoms with E-state index in [0.717, 1.165) is 6.92 Å². The first-order valence-corrected chi connectivity index (χ1v) is 3.25. The molecule has 0 aromatic heterocycles.